The third-order valence-corrected chi connectivity index (χ3v) is 7.18. The summed E-state index contributed by atoms with van der Waals surface area (Å²) in [4.78, 5) is 46.7. The van der Waals surface area contributed by atoms with Gasteiger partial charge < -0.3 is 10.1 Å². The summed E-state index contributed by atoms with van der Waals surface area (Å²) in [7, 11) is 1.31. The molecular formula is C20H27N3O4S2. The number of carbonyl (C=O) groups excluding carboxylic acids is 3. The first-order valence-electron chi connectivity index (χ1n) is 9.93. The molecule has 1 aliphatic carbocycles. The fraction of sp³-hybridized carbons (Fsp3) is 0.650. The van der Waals surface area contributed by atoms with Crippen molar-refractivity contribution in [2.45, 2.75) is 52.0 Å². The zero-order chi connectivity index (χ0) is 21.0. The van der Waals surface area contributed by atoms with Gasteiger partial charge in [0.25, 0.3) is 5.91 Å². The largest absolute Gasteiger partial charge is 0.467 e. The Morgan fingerprint density at radius 1 is 1.28 bits per heavy atom. The van der Waals surface area contributed by atoms with Gasteiger partial charge in [0.05, 0.1) is 23.7 Å². The van der Waals surface area contributed by atoms with E-state index in [0.717, 1.165) is 24.3 Å². The number of rotatable bonds is 8. The first-order valence-corrected chi connectivity index (χ1v) is 11.9. The van der Waals surface area contributed by atoms with E-state index >= 15 is 0 Å². The number of fused-ring (bicyclic) bond motifs is 2. The highest BCUT2D eigenvalue weighted by atomic mass is 32.2. The quantitative estimate of drug-likeness (QED) is 0.587. The number of allylic oxidation sites excluding steroid dienone is 1. The smallest absolute Gasteiger partial charge is 0.328 e. The number of nitrogens with one attached hydrogen (secondary N) is 1. The maximum absolute atomic E-state index is 12.5. The molecule has 0 aromatic carbocycles. The fourth-order valence-corrected chi connectivity index (χ4v) is 5.75. The number of amidine groups is 1. The molecule has 1 N–H and O–H groups in total. The predicted molar refractivity (Wildman–Crippen MR) is 117 cm³/mol. The van der Waals surface area contributed by atoms with Crippen LogP contribution in [0.25, 0.3) is 0 Å². The number of aliphatic imine (C=N–C) groups is 2. The highest BCUT2D eigenvalue weighted by Crippen LogP contribution is 2.47. The van der Waals surface area contributed by atoms with Gasteiger partial charge >= 0.3 is 5.97 Å². The lowest BCUT2D eigenvalue weighted by Crippen LogP contribution is -2.43. The SMILES string of the molecule is COC(=O)C(CC(C)C)NC(=O)CSCC1=NC(=O)C2C(=N1)SC1=C2CCCC1. The molecule has 7 nitrogen and oxygen atoms in total. The van der Waals surface area contributed by atoms with E-state index in [-0.39, 0.29) is 29.4 Å². The molecule has 0 aromatic rings. The van der Waals surface area contributed by atoms with Gasteiger partial charge in [0.1, 0.15) is 17.8 Å². The summed E-state index contributed by atoms with van der Waals surface area (Å²) in [6.07, 6.45) is 4.82. The first-order chi connectivity index (χ1) is 13.9. The molecule has 0 aromatic heterocycles. The van der Waals surface area contributed by atoms with Crippen LogP contribution in [0, 0.1) is 11.8 Å². The molecule has 0 saturated carbocycles. The van der Waals surface area contributed by atoms with E-state index in [1.807, 2.05) is 13.8 Å². The molecule has 158 valence electrons. The first kappa shape index (κ1) is 22.1. The molecule has 2 amide bonds. The number of esters is 1. The number of hydrogen-bond acceptors (Lipinski definition) is 7. The Bertz CT molecular complexity index is 789. The van der Waals surface area contributed by atoms with Crippen molar-refractivity contribution in [3.63, 3.8) is 0 Å². The minimum atomic E-state index is -0.644. The van der Waals surface area contributed by atoms with E-state index in [1.165, 1.54) is 35.8 Å². The summed E-state index contributed by atoms with van der Waals surface area (Å²) >= 11 is 2.97. The Hall–Kier alpha value is -1.61. The minimum Gasteiger partial charge on any atom is -0.467 e. The lowest BCUT2D eigenvalue weighted by Gasteiger charge is -2.19. The van der Waals surface area contributed by atoms with Crippen LogP contribution in [0.1, 0.15) is 46.0 Å². The Morgan fingerprint density at radius 2 is 2.03 bits per heavy atom. The van der Waals surface area contributed by atoms with E-state index in [0.29, 0.717) is 18.0 Å². The summed E-state index contributed by atoms with van der Waals surface area (Å²) in [5.41, 5.74) is 1.22. The van der Waals surface area contributed by atoms with Crippen molar-refractivity contribution < 1.29 is 19.1 Å². The number of carbonyl (C=O) groups is 3. The van der Waals surface area contributed by atoms with Gasteiger partial charge in [-0.3, -0.25) is 9.59 Å². The maximum Gasteiger partial charge on any atom is 0.328 e. The van der Waals surface area contributed by atoms with Gasteiger partial charge in [-0.2, -0.15) is 4.99 Å². The van der Waals surface area contributed by atoms with Crippen molar-refractivity contribution >= 4 is 52.2 Å². The van der Waals surface area contributed by atoms with Gasteiger partial charge in [0.15, 0.2) is 0 Å². The van der Waals surface area contributed by atoms with E-state index < -0.39 is 12.0 Å². The van der Waals surface area contributed by atoms with Crippen LogP contribution in [-0.4, -0.2) is 53.3 Å². The molecule has 2 unspecified atom stereocenters. The number of methoxy groups -OCH3 is 1. The highest BCUT2D eigenvalue weighted by molar-refractivity contribution is 8.17. The normalized spacial score (nSPS) is 21.9. The molecular weight excluding hydrogens is 410 g/mol. The molecule has 3 aliphatic rings. The molecule has 0 spiro atoms. The van der Waals surface area contributed by atoms with E-state index in [1.54, 1.807) is 11.8 Å². The van der Waals surface area contributed by atoms with Crippen LogP contribution in [0.3, 0.4) is 0 Å². The van der Waals surface area contributed by atoms with Crippen LogP contribution in [0.2, 0.25) is 0 Å². The van der Waals surface area contributed by atoms with Gasteiger partial charge in [0, 0.05) is 0 Å². The number of thioether (sulfide) groups is 2. The van der Waals surface area contributed by atoms with Gasteiger partial charge in [-0.05, 0) is 48.5 Å². The van der Waals surface area contributed by atoms with E-state index in [4.69, 9.17) is 4.74 Å². The minimum absolute atomic E-state index is 0.128. The molecule has 29 heavy (non-hydrogen) atoms. The Labute approximate surface area is 179 Å². The van der Waals surface area contributed by atoms with Crippen molar-refractivity contribution in [2.24, 2.45) is 21.8 Å². The third-order valence-electron chi connectivity index (χ3n) is 5.00. The average Bonchev–Trinajstić information content (AvgIpc) is 3.05. The summed E-state index contributed by atoms with van der Waals surface area (Å²) in [5, 5.41) is 3.58. The predicted octanol–water partition coefficient (Wildman–Crippen LogP) is 2.95. The molecule has 9 heteroatoms. The molecule has 2 heterocycles. The molecule has 0 bridgehead atoms. The second kappa shape index (κ2) is 9.93. The Kier molecular flexibility index (Phi) is 7.56. The van der Waals surface area contributed by atoms with Gasteiger partial charge in [-0.15, -0.1) is 11.8 Å². The van der Waals surface area contributed by atoms with Crippen LogP contribution in [0.4, 0.5) is 0 Å². The van der Waals surface area contributed by atoms with Crippen LogP contribution in [0.5, 0.6) is 0 Å². The molecule has 0 radical (unpaired) electrons. The zero-order valence-corrected chi connectivity index (χ0v) is 18.7. The molecule has 3 rings (SSSR count). The number of ether oxygens (including phenoxy) is 1. The standard InChI is InChI=1S/C20H27N3O4S2/c1-11(2)8-13(20(26)27-3)21-16(24)10-28-9-15-22-18(25)17-12-6-4-5-7-14(12)29-19(17)23-15/h11,13,17H,4-10H2,1-3H3,(H,21,24). The Balaban J connectivity index is 1.50. The van der Waals surface area contributed by atoms with Crippen molar-refractivity contribution in [1.29, 1.82) is 0 Å². The summed E-state index contributed by atoms with van der Waals surface area (Å²) in [6, 6.07) is -0.644. The van der Waals surface area contributed by atoms with Crippen LogP contribution in [0.15, 0.2) is 20.5 Å². The van der Waals surface area contributed by atoms with Crippen molar-refractivity contribution in [2.75, 3.05) is 18.6 Å². The van der Waals surface area contributed by atoms with Crippen molar-refractivity contribution in [1.82, 2.24) is 5.32 Å². The summed E-state index contributed by atoms with van der Waals surface area (Å²) < 4.78 is 4.76. The molecule has 2 aliphatic heterocycles. The molecule has 2 atom stereocenters. The van der Waals surface area contributed by atoms with Crippen molar-refractivity contribution in [3.8, 4) is 0 Å². The fourth-order valence-electron chi connectivity index (χ4n) is 3.71. The highest BCUT2D eigenvalue weighted by Gasteiger charge is 2.40. The van der Waals surface area contributed by atoms with Crippen LogP contribution < -0.4 is 5.32 Å². The van der Waals surface area contributed by atoms with E-state index in [2.05, 4.69) is 15.3 Å². The van der Waals surface area contributed by atoms with E-state index in [9.17, 15) is 14.4 Å². The van der Waals surface area contributed by atoms with Crippen LogP contribution in [-0.2, 0) is 19.1 Å². The third kappa shape index (κ3) is 5.51. The average molecular weight is 438 g/mol. The van der Waals surface area contributed by atoms with Gasteiger partial charge in [-0.25, -0.2) is 9.79 Å². The number of nitrogens with zero attached hydrogens (tertiary/aromatic N) is 2. The topological polar surface area (TPSA) is 97.2 Å². The summed E-state index contributed by atoms with van der Waals surface area (Å²) in [5.74, 6) is 0.196. The van der Waals surface area contributed by atoms with Crippen LogP contribution >= 0.6 is 23.5 Å². The molecule has 0 fully saturated rings. The van der Waals surface area contributed by atoms with Gasteiger partial charge in [0.2, 0.25) is 5.91 Å². The lowest BCUT2D eigenvalue weighted by molar-refractivity contribution is -0.145. The second-order valence-electron chi connectivity index (χ2n) is 7.77. The summed E-state index contributed by atoms with van der Waals surface area (Å²) in [6.45, 7) is 3.96. The van der Waals surface area contributed by atoms with Crippen molar-refractivity contribution in [3.05, 3.63) is 10.5 Å². The number of hydrogen-bond donors (Lipinski definition) is 1. The van der Waals surface area contributed by atoms with Gasteiger partial charge in [-0.1, -0.05) is 25.6 Å². The Morgan fingerprint density at radius 3 is 2.76 bits per heavy atom. The zero-order valence-electron chi connectivity index (χ0n) is 17.0. The monoisotopic (exact) mass is 437 g/mol. The molecule has 0 saturated heterocycles. The maximum atomic E-state index is 12.5. The number of amides is 2. The second-order valence-corrected chi connectivity index (χ2v) is 9.87. The lowest BCUT2D eigenvalue weighted by atomic mass is 9.89.